The van der Waals surface area contributed by atoms with Gasteiger partial charge in [-0.1, -0.05) is 157 Å². The van der Waals surface area contributed by atoms with Crippen LogP contribution in [0.2, 0.25) is 0 Å². The quantitative estimate of drug-likeness (QED) is 0.200. The van der Waals surface area contributed by atoms with Crippen LogP contribution in [0.3, 0.4) is 0 Å². The first-order chi connectivity index (χ1) is 21.6. The molecule has 6 aromatic rings. The van der Waals surface area contributed by atoms with Crippen LogP contribution >= 0.6 is 0 Å². The minimum atomic E-state index is 0.0445. The zero-order valence-corrected chi connectivity index (χ0v) is 25.7. The van der Waals surface area contributed by atoms with Crippen LogP contribution in [-0.4, -0.2) is 6.54 Å². The molecule has 0 radical (unpaired) electrons. The van der Waals surface area contributed by atoms with Crippen LogP contribution < -0.4 is 4.90 Å². The van der Waals surface area contributed by atoms with E-state index in [1.165, 1.54) is 72.1 Å². The minimum Gasteiger partial charge on any atom is -0.355 e. The largest absolute Gasteiger partial charge is 0.355 e. The molecule has 0 aliphatic carbocycles. The summed E-state index contributed by atoms with van der Waals surface area (Å²) < 4.78 is 0. The second-order valence-electron chi connectivity index (χ2n) is 11.9. The number of benzene rings is 6. The maximum atomic E-state index is 2.64. The summed E-state index contributed by atoms with van der Waals surface area (Å²) in [7, 11) is 0. The van der Waals surface area contributed by atoms with Crippen LogP contribution in [-0.2, 0) is 0 Å². The lowest BCUT2D eigenvalue weighted by atomic mass is 9.84. The monoisotopic (exact) mass is 567 g/mol. The fourth-order valence-electron chi connectivity index (χ4n) is 6.78. The molecule has 1 fully saturated rings. The Bertz CT molecular complexity index is 1930. The average molecular weight is 568 g/mol. The summed E-state index contributed by atoms with van der Waals surface area (Å²) in [5.41, 5.74) is 14.2. The minimum absolute atomic E-state index is 0.0445. The Hall–Kier alpha value is -5.14. The third-order valence-corrected chi connectivity index (χ3v) is 9.02. The Morgan fingerprint density at radius 3 is 1.73 bits per heavy atom. The average Bonchev–Trinajstić information content (AvgIpc) is 3.46. The fraction of sp³-hybridized carbons (Fsp3) is 0.116. The van der Waals surface area contributed by atoms with Gasteiger partial charge in [-0.15, -0.1) is 0 Å². The summed E-state index contributed by atoms with van der Waals surface area (Å²) in [4.78, 5) is 2.64. The summed E-state index contributed by atoms with van der Waals surface area (Å²) >= 11 is 0. The van der Waals surface area contributed by atoms with E-state index in [1.807, 2.05) is 0 Å². The maximum Gasteiger partial charge on any atom is 0.0806 e. The SMILES string of the molecule is C/C(=C1/C(=C(c2ccc(C)cc2)c2ccc(C)cc2)CN(c2cccc3ccccc23)C1c1ccccc1)c1ccccc1. The number of aryl methyl sites for hydroxylation is 2. The molecule has 0 bridgehead atoms. The Morgan fingerprint density at radius 2 is 1.09 bits per heavy atom. The molecule has 1 saturated heterocycles. The number of fused-ring (bicyclic) bond motifs is 1. The van der Waals surface area contributed by atoms with Gasteiger partial charge in [-0.25, -0.2) is 0 Å². The van der Waals surface area contributed by atoms with Gasteiger partial charge in [0.25, 0.3) is 0 Å². The van der Waals surface area contributed by atoms with E-state index < -0.39 is 0 Å². The number of nitrogens with zero attached hydrogens (tertiary/aromatic N) is 1. The lowest BCUT2D eigenvalue weighted by Gasteiger charge is -2.29. The lowest BCUT2D eigenvalue weighted by molar-refractivity contribution is 0.813. The molecule has 214 valence electrons. The van der Waals surface area contributed by atoms with Gasteiger partial charge in [0.05, 0.1) is 6.04 Å². The van der Waals surface area contributed by atoms with Crippen molar-refractivity contribution in [2.75, 3.05) is 11.4 Å². The first-order valence-electron chi connectivity index (χ1n) is 15.5. The number of allylic oxidation sites excluding steroid dienone is 1. The highest BCUT2D eigenvalue weighted by Gasteiger charge is 2.38. The maximum absolute atomic E-state index is 2.64. The van der Waals surface area contributed by atoms with Crippen molar-refractivity contribution < 1.29 is 0 Å². The Morgan fingerprint density at radius 1 is 0.545 bits per heavy atom. The second kappa shape index (κ2) is 11.9. The van der Waals surface area contributed by atoms with Gasteiger partial charge < -0.3 is 4.90 Å². The molecule has 1 aliphatic heterocycles. The van der Waals surface area contributed by atoms with Gasteiger partial charge in [0.1, 0.15) is 0 Å². The van der Waals surface area contributed by atoms with E-state index in [2.05, 4.69) is 177 Å². The molecule has 1 atom stereocenters. The Kier molecular flexibility index (Phi) is 7.46. The molecule has 7 rings (SSSR count). The third kappa shape index (κ3) is 5.16. The van der Waals surface area contributed by atoms with E-state index in [-0.39, 0.29) is 6.04 Å². The predicted octanol–water partition coefficient (Wildman–Crippen LogP) is 11.0. The van der Waals surface area contributed by atoms with Gasteiger partial charge in [-0.2, -0.15) is 0 Å². The predicted molar refractivity (Wildman–Crippen MR) is 188 cm³/mol. The molecule has 6 aromatic carbocycles. The first kappa shape index (κ1) is 27.7. The first-order valence-corrected chi connectivity index (χ1v) is 15.5. The van der Waals surface area contributed by atoms with Crippen LogP contribution in [0, 0.1) is 13.8 Å². The summed E-state index contributed by atoms with van der Waals surface area (Å²) in [5, 5.41) is 2.54. The molecule has 0 spiro atoms. The van der Waals surface area contributed by atoms with Crippen molar-refractivity contribution in [1.82, 2.24) is 0 Å². The number of hydrogen-bond acceptors (Lipinski definition) is 1. The Balaban J connectivity index is 1.60. The lowest BCUT2D eigenvalue weighted by Crippen LogP contribution is -2.23. The van der Waals surface area contributed by atoms with Gasteiger partial charge >= 0.3 is 0 Å². The normalized spacial score (nSPS) is 15.9. The van der Waals surface area contributed by atoms with E-state index in [1.54, 1.807) is 0 Å². The van der Waals surface area contributed by atoms with Crippen molar-refractivity contribution >= 4 is 27.6 Å². The zero-order chi connectivity index (χ0) is 30.0. The van der Waals surface area contributed by atoms with Crippen LogP contribution in [0.1, 0.15) is 46.3 Å². The topological polar surface area (TPSA) is 3.24 Å². The summed E-state index contributed by atoms with van der Waals surface area (Å²) in [5.74, 6) is 0. The van der Waals surface area contributed by atoms with E-state index in [0.29, 0.717) is 0 Å². The molecule has 0 N–H and O–H groups in total. The second-order valence-corrected chi connectivity index (χ2v) is 11.9. The summed E-state index contributed by atoms with van der Waals surface area (Å²) in [6.07, 6.45) is 0. The standard InChI is InChI=1S/C43H37N/c1-30-21-25-35(26-22-30)42(36-27-23-31(2)24-28-36)39-29-44(40-20-12-18-34-15-10-11-19-38(34)40)43(37-16-8-5-9-17-37)41(39)32(3)33-13-6-4-7-14-33/h4-28,43H,29H2,1-3H3/b41-32+. The molecule has 44 heavy (non-hydrogen) atoms. The van der Waals surface area contributed by atoms with Crippen molar-refractivity contribution in [3.05, 3.63) is 196 Å². The van der Waals surface area contributed by atoms with Crippen molar-refractivity contribution in [3.63, 3.8) is 0 Å². The molecule has 1 unspecified atom stereocenters. The van der Waals surface area contributed by atoms with E-state index in [9.17, 15) is 0 Å². The fourth-order valence-corrected chi connectivity index (χ4v) is 6.78. The number of anilines is 1. The molecule has 1 aliphatic rings. The van der Waals surface area contributed by atoms with Crippen LogP contribution in [0.4, 0.5) is 5.69 Å². The van der Waals surface area contributed by atoms with E-state index >= 15 is 0 Å². The molecule has 1 nitrogen and oxygen atoms in total. The molecular formula is C43H37N. The third-order valence-electron chi connectivity index (χ3n) is 9.02. The summed E-state index contributed by atoms with van der Waals surface area (Å²) in [6, 6.07) is 55.7. The van der Waals surface area contributed by atoms with Crippen molar-refractivity contribution in [2.24, 2.45) is 0 Å². The van der Waals surface area contributed by atoms with Gasteiger partial charge in [0.2, 0.25) is 0 Å². The summed E-state index contributed by atoms with van der Waals surface area (Å²) in [6.45, 7) is 7.44. The van der Waals surface area contributed by atoms with Gasteiger partial charge in [0.15, 0.2) is 0 Å². The molecule has 0 saturated carbocycles. The van der Waals surface area contributed by atoms with Gasteiger partial charge in [0, 0.05) is 17.6 Å². The van der Waals surface area contributed by atoms with E-state index in [4.69, 9.17) is 0 Å². The molecule has 1 heterocycles. The highest BCUT2D eigenvalue weighted by molar-refractivity contribution is 5.97. The van der Waals surface area contributed by atoms with Crippen molar-refractivity contribution in [1.29, 1.82) is 0 Å². The highest BCUT2D eigenvalue weighted by atomic mass is 15.2. The van der Waals surface area contributed by atoms with Gasteiger partial charge in [-0.3, -0.25) is 0 Å². The molecule has 0 amide bonds. The smallest absolute Gasteiger partial charge is 0.0806 e. The van der Waals surface area contributed by atoms with Crippen LogP contribution in [0.15, 0.2) is 163 Å². The number of hydrogen-bond donors (Lipinski definition) is 0. The Labute approximate surface area is 261 Å². The van der Waals surface area contributed by atoms with Gasteiger partial charge in [-0.05, 0) is 76.8 Å². The van der Waals surface area contributed by atoms with Crippen LogP contribution in [0.25, 0.3) is 21.9 Å². The van der Waals surface area contributed by atoms with Crippen molar-refractivity contribution in [2.45, 2.75) is 26.8 Å². The molecule has 1 heteroatoms. The van der Waals surface area contributed by atoms with Crippen molar-refractivity contribution in [3.8, 4) is 0 Å². The van der Waals surface area contributed by atoms with Crippen LogP contribution in [0.5, 0.6) is 0 Å². The molecular weight excluding hydrogens is 530 g/mol. The highest BCUT2D eigenvalue weighted by Crippen LogP contribution is 2.50. The molecule has 0 aromatic heterocycles. The zero-order valence-electron chi connectivity index (χ0n) is 25.7. The van der Waals surface area contributed by atoms with E-state index in [0.717, 1.165) is 6.54 Å². The number of rotatable bonds is 5.